The molecule has 2 aliphatic rings. The van der Waals surface area contributed by atoms with Gasteiger partial charge in [0.2, 0.25) is 5.01 Å². The van der Waals surface area contributed by atoms with Crippen LogP contribution >= 0.6 is 11.3 Å². The number of hydrogen-bond acceptors (Lipinski definition) is 9. The summed E-state index contributed by atoms with van der Waals surface area (Å²) in [4.78, 5) is 45.7. The lowest BCUT2D eigenvalue weighted by Gasteiger charge is -2.36. The number of nitrogens with zero attached hydrogens (tertiary/aromatic N) is 5. The zero-order valence-electron chi connectivity index (χ0n) is 24.0. The van der Waals surface area contributed by atoms with Crippen molar-refractivity contribution >= 4 is 29.3 Å². The van der Waals surface area contributed by atoms with Gasteiger partial charge < -0.3 is 19.3 Å². The lowest BCUT2D eigenvalue weighted by Crippen LogP contribution is -2.42. The molecule has 218 valence electrons. The Morgan fingerprint density at radius 3 is 2.42 bits per heavy atom. The lowest BCUT2D eigenvalue weighted by atomic mass is 9.82. The van der Waals surface area contributed by atoms with Gasteiger partial charge in [0.1, 0.15) is 10.6 Å². The number of methoxy groups -OCH3 is 1. The molecular formula is C29H41N5O5S. The van der Waals surface area contributed by atoms with Gasteiger partial charge in [-0.25, -0.2) is 4.79 Å². The van der Waals surface area contributed by atoms with Gasteiger partial charge in [-0.1, -0.05) is 17.4 Å². The minimum Gasteiger partial charge on any atom is -0.469 e. The topological polar surface area (TPSA) is 115 Å². The van der Waals surface area contributed by atoms with E-state index in [1.165, 1.54) is 18.4 Å². The molecule has 3 heterocycles. The highest BCUT2D eigenvalue weighted by atomic mass is 32.1. The number of pyridine rings is 1. The predicted octanol–water partition coefficient (Wildman–Crippen LogP) is 5.20. The molecule has 4 rings (SSSR count). The smallest absolute Gasteiger partial charge is 0.410 e. The summed E-state index contributed by atoms with van der Waals surface area (Å²) in [5.41, 5.74) is 0.454. The zero-order valence-corrected chi connectivity index (χ0v) is 24.8. The minimum atomic E-state index is -0.521. The van der Waals surface area contributed by atoms with Crippen molar-refractivity contribution in [3.63, 3.8) is 0 Å². The van der Waals surface area contributed by atoms with E-state index < -0.39 is 5.60 Å². The first-order valence-corrected chi connectivity index (χ1v) is 15.0. The molecule has 0 N–H and O–H groups in total. The second-order valence-electron chi connectivity index (χ2n) is 11.8. The Hall–Kier alpha value is -3.08. The maximum absolute atomic E-state index is 13.8. The molecule has 1 aliphatic carbocycles. The van der Waals surface area contributed by atoms with Gasteiger partial charge in [0.05, 0.1) is 7.11 Å². The third-order valence-corrected chi connectivity index (χ3v) is 8.77. The van der Waals surface area contributed by atoms with E-state index in [0.717, 1.165) is 55.5 Å². The quantitative estimate of drug-likeness (QED) is 0.397. The molecule has 2 amide bonds. The number of rotatable bonds is 8. The van der Waals surface area contributed by atoms with Crippen molar-refractivity contribution < 1.29 is 23.9 Å². The fourth-order valence-corrected chi connectivity index (χ4v) is 6.44. The Labute approximate surface area is 240 Å². The monoisotopic (exact) mass is 571 g/mol. The number of piperidine rings is 1. The number of aromatic nitrogens is 3. The SMILES string of the molecule is COC(=O)CCC1CCC(N(Cc2cccnc2)C(=O)c2nnc(C3CCN(C(=O)OC(C)(C)C)CC3)s2)CC1. The Bertz CT molecular complexity index is 1140. The molecular weight excluding hydrogens is 530 g/mol. The van der Waals surface area contributed by atoms with Crippen LogP contribution < -0.4 is 0 Å². The standard InChI is InChI=1S/C29H41N5O5S/c1-29(2,3)39-28(37)33-16-13-22(14-17-33)25-31-32-26(40-25)27(36)34(19-21-6-5-15-30-18-21)23-10-7-20(8-11-23)9-12-24(35)38-4/h5-6,15,18,20,22-23H,7-14,16-17,19H2,1-4H3. The van der Waals surface area contributed by atoms with Crippen molar-refractivity contribution in [2.24, 2.45) is 5.92 Å². The van der Waals surface area contributed by atoms with Crippen molar-refractivity contribution in [1.29, 1.82) is 0 Å². The van der Waals surface area contributed by atoms with E-state index in [1.54, 1.807) is 17.3 Å². The summed E-state index contributed by atoms with van der Waals surface area (Å²) in [6, 6.07) is 3.96. The molecule has 0 bridgehead atoms. The van der Waals surface area contributed by atoms with Gasteiger partial charge in [0.15, 0.2) is 0 Å². The second kappa shape index (κ2) is 13.5. The van der Waals surface area contributed by atoms with Gasteiger partial charge >= 0.3 is 12.1 Å². The van der Waals surface area contributed by atoms with Crippen LogP contribution in [-0.4, -0.2) is 74.8 Å². The average Bonchev–Trinajstić information content (AvgIpc) is 3.45. The van der Waals surface area contributed by atoms with Gasteiger partial charge in [-0.2, -0.15) is 0 Å². The van der Waals surface area contributed by atoms with Crippen LogP contribution in [0.25, 0.3) is 0 Å². The van der Waals surface area contributed by atoms with E-state index in [9.17, 15) is 14.4 Å². The highest BCUT2D eigenvalue weighted by Gasteiger charge is 2.33. The van der Waals surface area contributed by atoms with E-state index >= 15 is 0 Å². The predicted molar refractivity (Wildman–Crippen MR) is 151 cm³/mol. The zero-order chi connectivity index (χ0) is 28.7. The van der Waals surface area contributed by atoms with Crippen LogP contribution in [0.5, 0.6) is 0 Å². The summed E-state index contributed by atoms with van der Waals surface area (Å²) in [6.45, 7) is 7.25. The van der Waals surface area contributed by atoms with Crippen molar-refractivity contribution in [2.75, 3.05) is 20.2 Å². The molecule has 0 atom stereocenters. The molecule has 1 saturated heterocycles. The number of ether oxygens (including phenoxy) is 2. The molecule has 10 nitrogen and oxygen atoms in total. The highest BCUT2D eigenvalue weighted by Crippen LogP contribution is 2.34. The van der Waals surface area contributed by atoms with Crippen LogP contribution in [0, 0.1) is 5.92 Å². The summed E-state index contributed by atoms with van der Waals surface area (Å²) in [7, 11) is 1.42. The van der Waals surface area contributed by atoms with Gasteiger partial charge in [-0.3, -0.25) is 14.6 Å². The van der Waals surface area contributed by atoms with E-state index in [0.29, 0.717) is 37.0 Å². The third kappa shape index (κ3) is 8.22. The number of carbonyl (C=O) groups is 3. The molecule has 11 heteroatoms. The Morgan fingerprint density at radius 2 is 1.80 bits per heavy atom. The van der Waals surface area contributed by atoms with Crippen LogP contribution in [0.15, 0.2) is 24.5 Å². The molecule has 2 fully saturated rings. The van der Waals surface area contributed by atoms with Crippen LogP contribution in [0.3, 0.4) is 0 Å². The van der Waals surface area contributed by atoms with Crippen LogP contribution in [-0.2, 0) is 20.8 Å². The number of hydrogen-bond donors (Lipinski definition) is 0. The summed E-state index contributed by atoms with van der Waals surface area (Å²) in [6.07, 6.45) is 9.72. The number of amides is 2. The Balaban J connectivity index is 1.39. The maximum atomic E-state index is 13.8. The molecule has 0 aromatic carbocycles. The first kappa shape index (κ1) is 29.9. The summed E-state index contributed by atoms with van der Waals surface area (Å²) < 4.78 is 10.3. The highest BCUT2D eigenvalue weighted by molar-refractivity contribution is 7.13. The molecule has 0 spiro atoms. The van der Waals surface area contributed by atoms with Crippen molar-refractivity contribution in [1.82, 2.24) is 25.0 Å². The molecule has 0 unspecified atom stereocenters. The van der Waals surface area contributed by atoms with E-state index in [2.05, 4.69) is 15.2 Å². The van der Waals surface area contributed by atoms with Crippen LogP contribution in [0.1, 0.15) is 98.4 Å². The van der Waals surface area contributed by atoms with E-state index in [4.69, 9.17) is 9.47 Å². The molecule has 1 saturated carbocycles. The van der Waals surface area contributed by atoms with Gasteiger partial charge in [-0.15, -0.1) is 10.2 Å². The fraction of sp³-hybridized carbons (Fsp3) is 0.655. The Morgan fingerprint density at radius 1 is 1.07 bits per heavy atom. The second-order valence-corrected chi connectivity index (χ2v) is 12.8. The minimum absolute atomic E-state index is 0.0894. The van der Waals surface area contributed by atoms with E-state index in [-0.39, 0.29) is 29.9 Å². The Kier molecular flexibility index (Phi) is 10.1. The molecule has 1 aliphatic heterocycles. The van der Waals surface area contributed by atoms with Gasteiger partial charge in [-0.05, 0) is 83.3 Å². The maximum Gasteiger partial charge on any atom is 0.410 e. The number of likely N-dealkylation sites (tertiary alicyclic amines) is 1. The fourth-order valence-electron chi connectivity index (χ4n) is 5.47. The van der Waals surface area contributed by atoms with Gasteiger partial charge in [0.25, 0.3) is 5.91 Å². The molecule has 2 aromatic rings. The summed E-state index contributed by atoms with van der Waals surface area (Å²) in [5, 5.41) is 10.00. The molecule has 40 heavy (non-hydrogen) atoms. The summed E-state index contributed by atoms with van der Waals surface area (Å²) in [5.74, 6) is 0.357. The summed E-state index contributed by atoms with van der Waals surface area (Å²) >= 11 is 1.37. The largest absolute Gasteiger partial charge is 0.469 e. The first-order chi connectivity index (χ1) is 19.1. The normalized spacial score (nSPS) is 20.1. The molecule has 0 radical (unpaired) electrons. The third-order valence-electron chi connectivity index (χ3n) is 7.70. The lowest BCUT2D eigenvalue weighted by molar-refractivity contribution is -0.141. The molecule has 2 aromatic heterocycles. The van der Waals surface area contributed by atoms with Crippen molar-refractivity contribution in [3.8, 4) is 0 Å². The van der Waals surface area contributed by atoms with Crippen molar-refractivity contribution in [2.45, 2.75) is 96.2 Å². The van der Waals surface area contributed by atoms with E-state index in [1.807, 2.05) is 37.8 Å². The average molecular weight is 572 g/mol. The van der Waals surface area contributed by atoms with Gasteiger partial charge in [0, 0.05) is 50.4 Å². The first-order valence-electron chi connectivity index (χ1n) is 14.2. The van der Waals surface area contributed by atoms with Crippen LogP contribution in [0.2, 0.25) is 0 Å². The van der Waals surface area contributed by atoms with Crippen molar-refractivity contribution in [3.05, 3.63) is 40.1 Å². The number of carbonyl (C=O) groups excluding carboxylic acids is 3. The van der Waals surface area contributed by atoms with Crippen LogP contribution in [0.4, 0.5) is 4.79 Å². The number of esters is 1.